The van der Waals surface area contributed by atoms with Gasteiger partial charge in [-0.3, -0.25) is 0 Å². The van der Waals surface area contributed by atoms with E-state index >= 15 is 0 Å². The number of aryl methyl sites for hydroxylation is 1. The third-order valence-corrected chi connectivity index (χ3v) is 5.75. The number of imidazole rings is 1. The highest BCUT2D eigenvalue weighted by atomic mass is 79.9. The van der Waals surface area contributed by atoms with Crippen LogP contribution in [0.4, 0.5) is 4.79 Å². The summed E-state index contributed by atoms with van der Waals surface area (Å²) in [5, 5.41) is 9.11. The van der Waals surface area contributed by atoms with Crippen LogP contribution in [0.15, 0.2) is 41.1 Å². The van der Waals surface area contributed by atoms with Crippen LogP contribution in [0.2, 0.25) is 0 Å². The molecule has 30 heavy (non-hydrogen) atoms. The van der Waals surface area contributed by atoms with Gasteiger partial charge >= 0.3 is 12.1 Å². The minimum atomic E-state index is -1.07. The summed E-state index contributed by atoms with van der Waals surface area (Å²) >= 11 is 3.34. The molecule has 1 unspecified atom stereocenters. The lowest BCUT2D eigenvalue weighted by Crippen LogP contribution is -2.63. The van der Waals surface area contributed by atoms with Gasteiger partial charge in [0.2, 0.25) is 0 Å². The van der Waals surface area contributed by atoms with Crippen LogP contribution in [0.3, 0.4) is 0 Å². The highest BCUT2D eigenvalue weighted by Crippen LogP contribution is 2.47. The Morgan fingerprint density at radius 3 is 2.67 bits per heavy atom. The molecule has 2 aromatic rings. The quantitative estimate of drug-likeness (QED) is 0.677. The van der Waals surface area contributed by atoms with Crippen molar-refractivity contribution in [3.63, 3.8) is 0 Å². The van der Waals surface area contributed by atoms with Crippen LogP contribution in [0.1, 0.15) is 17.8 Å². The molecular weight excluding hydrogens is 458 g/mol. The molecule has 9 nitrogen and oxygen atoms in total. The summed E-state index contributed by atoms with van der Waals surface area (Å²) in [6, 6.07) is 9.47. The third-order valence-electron chi connectivity index (χ3n) is 5.37. The number of nitrogens with zero attached hydrogens (tertiary/aromatic N) is 3. The lowest BCUT2D eigenvalue weighted by molar-refractivity contribution is -0.151. The Hall–Kier alpha value is -2.43. The molecule has 160 valence electrons. The maximum Gasteiger partial charge on any atom is 0.410 e. The fourth-order valence-corrected chi connectivity index (χ4v) is 4.51. The minimum absolute atomic E-state index is 0.157. The molecule has 0 radical (unpaired) electrons. The van der Waals surface area contributed by atoms with Crippen molar-refractivity contribution in [2.24, 2.45) is 7.05 Å². The largest absolute Gasteiger partial charge is 0.480 e. The van der Waals surface area contributed by atoms with Gasteiger partial charge in [0.25, 0.3) is 0 Å². The summed E-state index contributed by atoms with van der Waals surface area (Å²) < 4.78 is 19.6. The molecule has 2 aliphatic rings. The van der Waals surface area contributed by atoms with Gasteiger partial charge in [0.15, 0.2) is 5.60 Å². The fourth-order valence-electron chi connectivity index (χ4n) is 4.04. The average molecular weight is 480 g/mol. The third kappa shape index (κ3) is 4.07. The molecule has 1 N–H and O–H groups in total. The Labute approximate surface area is 181 Å². The van der Waals surface area contributed by atoms with E-state index in [2.05, 4.69) is 20.9 Å². The number of likely N-dealkylation sites (tertiary alicyclic amines) is 1. The number of halogens is 1. The molecule has 2 fully saturated rings. The molecular formula is C20H22BrN3O6. The Balaban J connectivity index is 1.41. The predicted molar refractivity (Wildman–Crippen MR) is 108 cm³/mol. The Morgan fingerprint density at radius 2 is 2.03 bits per heavy atom. The van der Waals surface area contributed by atoms with Crippen molar-refractivity contribution in [1.29, 1.82) is 0 Å². The van der Waals surface area contributed by atoms with Gasteiger partial charge < -0.3 is 28.8 Å². The zero-order valence-electron chi connectivity index (χ0n) is 16.4. The van der Waals surface area contributed by atoms with E-state index in [1.165, 1.54) is 0 Å². The summed E-state index contributed by atoms with van der Waals surface area (Å²) in [4.78, 5) is 29.5. The van der Waals surface area contributed by atoms with Crippen molar-refractivity contribution in [1.82, 2.24) is 14.5 Å². The number of carbonyl (C=O) groups is 2. The molecule has 10 heteroatoms. The number of ether oxygens (including phenoxy) is 3. The first-order valence-corrected chi connectivity index (χ1v) is 10.2. The molecule has 0 aliphatic carbocycles. The SMILES string of the molecule is Cn1cc(Br)nc1C1(OCC(=O)O)COC2(CN(C(=O)OCc3ccccc3)C2)C1. The van der Waals surface area contributed by atoms with Crippen LogP contribution in [0, 0.1) is 0 Å². The number of rotatable bonds is 6. The normalized spacial score (nSPS) is 22.1. The molecule has 2 saturated heterocycles. The minimum Gasteiger partial charge on any atom is -0.480 e. The zero-order valence-corrected chi connectivity index (χ0v) is 18.0. The Kier molecular flexibility index (Phi) is 5.56. The zero-order chi connectivity index (χ0) is 21.4. The standard InChI is InChI=1S/C20H22BrN3O6/c1-23-7-15(21)22-17(23)20(29-9-16(25)26)10-19(30-13-20)11-24(12-19)18(27)28-8-14-5-3-2-4-6-14/h2-7H,8-13H2,1H3,(H,25,26). The van der Waals surface area contributed by atoms with Gasteiger partial charge in [0.05, 0.1) is 19.7 Å². The average Bonchev–Trinajstić information content (AvgIpc) is 3.25. The highest BCUT2D eigenvalue weighted by molar-refractivity contribution is 9.10. The first-order valence-electron chi connectivity index (χ1n) is 9.46. The van der Waals surface area contributed by atoms with E-state index in [4.69, 9.17) is 19.3 Å². The van der Waals surface area contributed by atoms with Gasteiger partial charge in [0, 0.05) is 19.7 Å². The molecule has 1 atom stereocenters. The maximum absolute atomic E-state index is 12.4. The molecule has 2 aliphatic heterocycles. The number of aliphatic carboxylic acids is 1. The smallest absolute Gasteiger partial charge is 0.410 e. The second-order valence-corrected chi connectivity index (χ2v) is 8.53. The summed E-state index contributed by atoms with van der Waals surface area (Å²) in [5.74, 6) is -0.485. The van der Waals surface area contributed by atoms with Crippen LogP contribution < -0.4 is 0 Å². The predicted octanol–water partition coefficient (Wildman–Crippen LogP) is 2.29. The number of aromatic nitrogens is 2. The molecule has 1 aromatic carbocycles. The monoisotopic (exact) mass is 479 g/mol. The Morgan fingerprint density at radius 1 is 1.30 bits per heavy atom. The van der Waals surface area contributed by atoms with Gasteiger partial charge in [-0.1, -0.05) is 30.3 Å². The van der Waals surface area contributed by atoms with Gasteiger partial charge in [-0.2, -0.15) is 0 Å². The molecule has 3 heterocycles. The topological polar surface area (TPSA) is 103 Å². The van der Waals surface area contributed by atoms with Crippen molar-refractivity contribution in [2.45, 2.75) is 24.2 Å². The second kappa shape index (κ2) is 8.01. The van der Waals surface area contributed by atoms with Crippen LogP contribution in [-0.2, 0) is 38.3 Å². The van der Waals surface area contributed by atoms with Gasteiger partial charge in [-0.25, -0.2) is 14.6 Å². The number of amides is 1. The number of carboxylic acids is 1. The summed E-state index contributed by atoms with van der Waals surface area (Å²) in [7, 11) is 1.82. The van der Waals surface area contributed by atoms with E-state index in [1.54, 1.807) is 15.7 Å². The van der Waals surface area contributed by atoms with Crippen LogP contribution in [0.5, 0.6) is 0 Å². The van der Waals surface area contributed by atoms with Crippen molar-refractivity contribution < 1.29 is 28.9 Å². The summed E-state index contributed by atoms with van der Waals surface area (Å²) in [5.41, 5.74) is -0.693. The Bertz CT molecular complexity index is 943. The van der Waals surface area contributed by atoms with E-state index < -0.39 is 29.9 Å². The summed E-state index contributed by atoms with van der Waals surface area (Å²) in [6.07, 6.45) is 1.77. The second-order valence-electron chi connectivity index (χ2n) is 7.72. The molecule has 4 rings (SSSR count). The molecule has 0 saturated carbocycles. The summed E-state index contributed by atoms with van der Waals surface area (Å²) in [6.45, 7) is 0.600. The fraction of sp³-hybridized carbons (Fsp3) is 0.450. The van der Waals surface area contributed by atoms with Gasteiger partial charge in [-0.15, -0.1) is 0 Å². The van der Waals surface area contributed by atoms with E-state index in [9.17, 15) is 9.59 Å². The molecule has 1 aromatic heterocycles. The maximum atomic E-state index is 12.4. The van der Waals surface area contributed by atoms with E-state index in [1.807, 2.05) is 37.4 Å². The van der Waals surface area contributed by atoms with Crippen LogP contribution in [-0.4, -0.2) is 63.5 Å². The van der Waals surface area contributed by atoms with E-state index in [0.717, 1.165) is 5.56 Å². The molecule has 0 bridgehead atoms. The first-order chi connectivity index (χ1) is 14.3. The van der Waals surface area contributed by atoms with Crippen molar-refractivity contribution >= 4 is 28.0 Å². The number of carbonyl (C=O) groups excluding carboxylic acids is 1. The lowest BCUT2D eigenvalue weighted by atomic mass is 9.84. The van der Waals surface area contributed by atoms with Crippen LogP contribution in [0.25, 0.3) is 0 Å². The number of hydrogen-bond acceptors (Lipinski definition) is 6. The van der Waals surface area contributed by atoms with Gasteiger partial charge in [-0.05, 0) is 21.5 Å². The van der Waals surface area contributed by atoms with E-state index in [-0.39, 0.29) is 13.2 Å². The molecule has 1 spiro atoms. The number of carboxylic acid groups (broad SMARTS) is 1. The van der Waals surface area contributed by atoms with Gasteiger partial charge in [0.1, 0.15) is 29.2 Å². The lowest BCUT2D eigenvalue weighted by Gasteiger charge is -2.46. The highest BCUT2D eigenvalue weighted by Gasteiger charge is 2.60. The van der Waals surface area contributed by atoms with Crippen LogP contribution >= 0.6 is 15.9 Å². The van der Waals surface area contributed by atoms with Crippen molar-refractivity contribution in [2.75, 3.05) is 26.3 Å². The number of hydrogen-bond donors (Lipinski definition) is 1. The van der Waals surface area contributed by atoms with E-state index in [0.29, 0.717) is 29.9 Å². The van der Waals surface area contributed by atoms with Crippen molar-refractivity contribution in [3.05, 3.63) is 52.5 Å². The molecule has 1 amide bonds. The first kappa shape index (κ1) is 20.8. The number of benzene rings is 1. The van der Waals surface area contributed by atoms with Crippen molar-refractivity contribution in [3.8, 4) is 0 Å².